The molecule has 0 atom stereocenters. The summed E-state index contributed by atoms with van der Waals surface area (Å²) >= 11 is 5.36. The summed E-state index contributed by atoms with van der Waals surface area (Å²) in [5.41, 5.74) is 0.895. The largest absolute Gasteiger partial charge is 0.508 e. The summed E-state index contributed by atoms with van der Waals surface area (Å²) in [7, 11) is 0. The Morgan fingerprint density at radius 2 is 2.07 bits per heavy atom. The zero-order valence-electron chi connectivity index (χ0n) is 8.35. The lowest BCUT2D eigenvalue weighted by molar-refractivity contribution is 0.0693. The van der Waals surface area contributed by atoms with Crippen molar-refractivity contribution >= 4 is 17.2 Å². The lowest BCUT2D eigenvalue weighted by Gasteiger charge is -2.29. The number of ether oxygens (including phenoxy) is 1. The molecule has 1 fully saturated rings. The molecular weight excluding hydrogens is 210 g/mol. The van der Waals surface area contributed by atoms with Gasteiger partial charge >= 0.3 is 0 Å². The lowest BCUT2D eigenvalue weighted by Crippen LogP contribution is -2.40. The van der Waals surface area contributed by atoms with Gasteiger partial charge in [0.1, 0.15) is 10.7 Å². The van der Waals surface area contributed by atoms with Crippen LogP contribution in [0, 0.1) is 0 Å². The second kappa shape index (κ2) is 4.59. The molecule has 1 heterocycles. The van der Waals surface area contributed by atoms with Crippen LogP contribution in [0.4, 0.5) is 0 Å². The van der Waals surface area contributed by atoms with Crippen LogP contribution in [-0.4, -0.2) is 41.3 Å². The molecule has 2 rings (SSSR count). The molecule has 1 N–H and O–H groups in total. The molecule has 1 aromatic rings. The molecule has 1 aliphatic rings. The molecule has 0 saturated carbocycles. The van der Waals surface area contributed by atoms with Crippen molar-refractivity contribution in [2.45, 2.75) is 0 Å². The molecule has 0 aliphatic carbocycles. The first-order chi connectivity index (χ1) is 7.27. The smallest absolute Gasteiger partial charge is 0.116 e. The predicted molar refractivity (Wildman–Crippen MR) is 62.2 cm³/mol. The predicted octanol–water partition coefficient (Wildman–Crippen LogP) is 1.40. The van der Waals surface area contributed by atoms with Crippen LogP contribution in [-0.2, 0) is 4.74 Å². The second-order valence-corrected chi connectivity index (χ2v) is 3.84. The van der Waals surface area contributed by atoms with E-state index in [2.05, 4.69) is 4.90 Å². The number of thiocarbonyl (C=S) groups is 1. The van der Waals surface area contributed by atoms with E-state index in [0.29, 0.717) is 0 Å². The van der Waals surface area contributed by atoms with Gasteiger partial charge in [-0.25, -0.2) is 0 Å². The van der Waals surface area contributed by atoms with Crippen LogP contribution in [0.1, 0.15) is 5.56 Å². The van der Waals surface area contributed by atoms with Crippen molar-refractivity contribution in [3.05, 3.63) is 29.8 Å². The Morgan fingerprint density at radius 1 is 1.33 bits per heavy atom. The second-order valence-electron chi connectivity index (χ2n) is 3.45. The van der Waals surface area contributed by atoms with E-state index < -0.39 is 0 Å². The molecule has 15 heavy (non-hydrogen) atoms. The number of morpholine rings is 1. The molecule has 0 spiro atoms. The molecule has 0 unspecified atom stereocenters. The normalized spacial score (nSPS) is 16.4. The van der Waals surface area contributed by atoms with Crippen molar-refractivity contribution < 1.29 is 9.84 Å². The number of rotatable bonds is 1. The van der Waals surface area contributed by atoms with Crippen molar-refractivity contribution in [3.63, 3.8) is 0 Å². The molecule has 4 heteroatoms. The summed E-state index contributed by atoms with van der Waals surface area (Å²) in [6.45, 7) is 3.10. The Morgan fingerprint density at radius 3 is 2.73 bits per heavy atom. The van der Waals surface area contributed by atoms with Crippen molar-refractivity contribution in [3.8, 4) is 5.75 Å². The van der Waals surface area contributed by atoms with Crippen LogP contribution in [0.25, 0.3) is 0 Å². The minimum absolute atomic E-state index is 0.253. The molecule has 0 bridgehead atoms. The third kappa shape index (κ3) is 2.46. The molecule has 1 saturated heterocycles. The van der Waals surface area contributed by atoms with Gasteiger partial charge in [0.15, 0.2) is 0 Å². The molecule has 0 radical (unpaired) electrons. The lowest BCUT2D eigenvalue weighted by atomic mass is 10.2. The Bertz CT molecular complexity index is 361. The third-order valence-corrected chi connectivity index (χ3v) is 2.89. The minimum atomic E-state index is 0.253. The van der Waals surface area contributed by atoms with Crippen molar-refractivity contribution in [1.29, 1.82) is 0 Å². The van der Waals surface area contributed by atoms with E-state index in [1.807, 2.05) is 6.07 Å². The van der Waals surface area contributed by atoms with Crippen LogP contribution in [0.5, 0.6) is 5.75 Å². The Balaban J connectivity index is 2.12. The highest BCUT2D eigenvalue weighted by molar-refractivity contribution is 7.80. The summed E-state index contributed by atoms with van der Waals surface area (Å²) in [4.78, 5) is 2.89. The first-order valence-corrected chi connectivity index (χ1v) is 5.34. The number of aromatic hydroxyl groups is 1. The first-order valence-electron chi connectivity index (χ1n) is 4.93. The van der Waals surface area contributed by atoms with Gasteiger partial charge in [-0.2, -0.15) is 0 Å². The van der Waals surface area contributed by atoms with Crippen LogP contribution in [0.3, 0.4) is 0 Å². The van der Waals surface area contributed by atoms with E-state index in [9.17, 15) is 5.11 Å². The van der Waals surface area contributed by atoms with Gasteiger partial charge in [-0.15, -0.1) is 0 Å². The van der Waals surface area contributed by atoms with E-state index in [4.69, 9.17) is 17.0 Å². The highest BCUT2D eigenvalue weighted by Crippen LogP contribution is 2.14. The average Bonchev–Trinajstić information content (AvgIpc) is 2.29. The van der Waals surface area contributed by atoms with E-state index in [-0.39, 0.29) is 5.75 Å². The maximum atomic E-state index is 9.36. The van der Waals surface area contributed by atoms with E-state index in [0.717, 1.165) is 36.9 Å². The van der Waals surface area contributed by atoms with Crippen LogP contribution < -0.4 is 0 Å². The number of phenolic OH excluding ortho intramolecular Hbond substituents is 1. The fourth-order valence-electron chi connectivity index (χ4n) is 1.59. The first kappa shape index (κ1) is 10.4. The van der Waals surface area contributed by atoms with Crippen molar-refractivity contribution in [1.82, 2.24) is 4.90 Å². The molecule has 1 aromatic carbocycles. The topological polar surface area (TPSA) is 32.7 Å². The zero-order chi connectivity index (χ0) is 10.7. The van der Waals surface area contributed by atoms with Crippen LogP contribution >= 0.6 is 12.2 Å². The van der Waals surface area contributed by atoms with E-state index in [1.54, 1.807) is 18.2 Å². The van der Waals surface area contributed by atoms with E-state index in [1.165, 1.54) is 0 Å². The number of phenols is 1. The Kier molecular flexibility index (Phi) is 3.18. The minimum Gasteiger partial charge on any atom is -0.508 e. The standard InChI is InChI=1S/C11H13NO2S/c13-10-3-1-2-9(8-10)11(15)12-4-6-14-7-5-12/h1-3,8,13H,4-7H2. The van der Waals surface area contributed by atoms with Gasteiger partial charge in [0, 0.05) is 18.7 Å². The molecule has 0 aromatic heterocycles. The molecule has 1 aliphatic heterocycles. The number of benzene rings is 1. The van der Waals surface area contributed by atoms with E-state index >= 15 is 0 Å². The Hall–Kier alpha value is -1.13. The fraction of sp³-hybridized carbons (Fsp3) is 0.364. The quantitative estimate of drug-likeness (QED) is 0.729. The van der Waals surface area contributed by atoms with Crippen molar-refractivity contribution in [2.24, 2.45) is 0 Å². The number of hydrogen-bond donors (Lipinski definition) is 1. The SMILES string of the molecule is Oc1cccc(C(=S)N2CCOCC2)c1. The zero-order valence-corrected chi connectivity index (χ0v) is 9.17. The van der Waals surface area contributed by atoms with Crippen molar-refractivity contribution in [2.75, 3.05) is 26.3 Å². The fourth-order valence-corrected chi connectivity index (χ4v) is 1.90. The van der Waals surface area contributed by atoms with Gasteiger partial charge in [-0.05, 0) is 12.1 Å². The van der Waals surface area contributed by atoms with Crippen LogP contribution in [0.15, 0.2) is 24.3 Å². The maximum absolute atomic E-state index is 9.36. The highest BCUT2D eigenvalue weighted by atomic mass is 32.1. The summed E-state index contributed by atoms with van der Waals surface area (Å²) in [6, 6.07) is 7.05. The van der Waals surface area contributed by atoms with Gasteiger partial charge < -0.3 is 14.7 Å². The monoisotopic (exact) mass is 223 g/mol. The highest BCUT2D eigenvalue weighted by Gasteiger charge is 2.14. The summed E-state index contributed by atoms with van der Waals surface area (Å²) < 4.78 is 5.26. The van der Waals surface area contributed by atoms with Gasteiger partial charge in [0.25, 0.3) is 0 Å². The molecular formula is C11H13NO2S. The van der Waals surface area contributed by atoms with Crippen LogP contribution in [0.2, 0.25) is 0 Å². The molecule has 3 nitrogen and oxygen atoms in total. The third-order valence-electron chi connectivity index (χ3n) is 2.39. The summed E-state index contributed by atoms with van der Waals surface area (Å²) in [6.07, 6.45) is 0. The van der Waals surface area contributed by atoms with Gasteiger partial charge in [-0.3, -0.25) is 0 Å². The number of nitrogens with zero attached hydrogens (tertiary/aromatic N) is 1. The maximum Gasteiger partial charge on any atom is 0.116 e. The molecule has 80 valence electrons. The summed E-state index contributed by atoms with van der Waals surface area (Å²) in [5, 5.41) is 9.36. The number of hydrogen-bond acceptors (Lipinski definition) is 3. The van der Waals surface area contributed by atoms with Gasteiger partial charge in [-0.1, -0.05) is 24.4 Å². The average molecular weight is 223 g/mol. The summed E-state index contributed by atoms with van der Waals surface area (Å²) in [5.74, 6) is 0.253. The Labute approximate surface area is 94.3 Å². The molecule has 0 amide bonds. The van der Waals surface area contributed by atoms with Gasteiger partial charge in [0.05, 0.1) is 13.2 Å². The van der Waals surface area contributed by atoms with Gasteiger partial charge in [0.2, 0.25) is 0 Å².